The number of hydrogen-bond acceptors (Lipinski definition) is 2. The molecule has 0 aliphatic carbocycles. The minimum absolute atomic E-state index is 0.468. The van der Waals surface area contributed by atoms with E-state index in [0.717, 1.165) is 4.90 Å². The number of thioether (sulfide) groups is 1. The van der Waals surface area contributed by atoms with Gasteiger partial charge in [-0.1, -0.05) is 18.2 Å². The van der Waals surface area contributed by atoms with Crippen molar-refractivity contribution in [2.75, 3.05) is 5.75 Å². The summed E-state index contributed by atoms with van der Waals surface area (Å²) < 4.78 is 0. The summed E-state index contributed by atoms with van der Waals surface area (Å²) in [6, 6.07) is 9.76. The molecular formula is C9H10ClNOS. The number of halogens is 1. The molecule has 0 heterocycles. The summed E-state index contributed by atoms with van der Waals surface area (Å²) in [6.07, 6.45) is 0. The maximum Gasteiger partial charge on any atom is 0.236 e. The molecule has 0 fully saturated rings. The van der Waals surface area contributed by atoms with Crippen molar-refractivity contribution in [1.29, 1.82) is 0 Å². The normalized spacial score (nSPS) is 12.4. The van der Waals surface area contributed by atoms with E-state index in [2.05, 4.69) is 0 Å². The van der Waals surface area contributed by atoms with Crippen molar-refractivity contribution in [3.8, 4) is 0 Å². The largest absolute Gasteiger partial charge is 0.368 e. The third-order valence-electron chi connectivity index (χ3n) is 1.45. The molecular weight excluding hydrogens is 206 g/mol. The Hall–Kier alpha value is -0.670. The molecule has 1 atom stereocenters. The fourth-order valence-electron chi connectivity index (χ4n) is 0.768. The average Bonchev–Trinajstić information content (AvgIpc) is 2.15. The first kappa shape index (κ1) is 10.4. The van der Waals surface area contributed by atoms with E-state index in [4.69, 9.17) is 17.3 Å². The van der Waals surface area contributed by atoms with Crippen molar-refractivity contribution >= 4 is 29.3 Å². The van der Waals surface area contributed by atoms with E-state index in [9.17, 15) is 4.79 Å². The molecule has 1 rings (SSSR count). The van der Waals surface area contributed by atoms with Gasteiger partial charge in [-0.2, -0.15) is 0 Å². The quantitative estimate of drug-likeness (QED) is 0.616. The highest BCUT2D eigenvalue weighted by Crippen LogP contribution is 2.19. The lowest BCUT2D eigenvalue weighted by Gasteiger charge is -2.03. The van der Waals surface area contributed by atoms with Crippen LogP contribution in [-0.4, -0.2) is 17.0 Å². The zero-order chi connectivity index (χ0) is 9.68. The Morgan fingerprint density at radius 3 is 2.62 bits per heavy atom. The molecule has 0 saturated carbocycles. The van der Waals surface area contributed by atoms with E-state index in [1.165, 1.54) is 11.8 Å². The molecule has 2 nitrogen and oxygen atoms in total. The van der Waals surface area contributed by atoms with Gasteiger partial charge in [-0.25, -0.2) is 0 Å². The molecule has 0 saturated heterocycles. The lowest BCUT2D eigenvalue weighted by molar-refractivity contribution is -0.117. The van der Waals surface area contributed by atoms with Gasteiger partial charge in [-0.3, -0.25) is 4.79 Å². The average molecular weight is 216 g/mol. The summed E-state index contributed by atoms with van der Waals surface area (Å²) in [7, 11) is 0. The molecule has 0 spiro atoms. The molecule has 0 aromatic heterocycles. The van der Waals surface area contributed by atoms with Crippen LogP contribution < -0.4 is 5.73 Å². The molecule has 1 amide bonds. The second-order valence-corrected chi connectivity index (χ2v) is 4.11. The second kappa shape index (κ2) is 5.14. The van der Waals surface area contributed by atoms with Crippen molar-refractivity contribution in [2.24, 2.45) is 5.73 Å². The monoisotopic (exact) mass is 215 g/mol. The first-order valence-electron chi connectivity index (χ1n) is 3.81. The molecule has 4 heteroatoms. The van der Waals surface area contributed by atoms with E-state index < -0.39 is 11.3 Å². The fraction of sp³-hybridized carbons (Fsp3) is 0.222. The van der Waals surface area contributed by atoms with Gasteiger partial charge in [0.2, 0.25) is 5.91 Å². The van der Waals surface area contributed by atoms with E-state index in [1.54, 1.807) is 0 Å². The molecule has 1 aromatic carbocycles. The van der Waals surface area contributed by atoms with Crippen LogP contribution in [0, 0.1) is 0 Å². The van der Waals surface area contributed by atoms with Gasteiger partial charge in [-0.05, 0) is 12.1 Å². The van der Waals surface area contributed by atoms with Crippen LogP contribution in [0.5, 0.6) is 0 Å². The van der Waals surface area contributed by atoms with Crippen molar-refractivity contribution in [2.45, 2.75) is 10.3 Å². The number of alkyl halides is 1. The van der Waals surface area contributed by atoms with Crippen molar-refractivity contribution < 1.29 is 4.79 Å². The molecule has 13 heavy (non-hydrogen) atoms. The Labute approximate surface area is 86.5 Å². The molecule has 1 unspecified atom stereocenters. The zero-order valence-corrected chi connectivity index (χ0v) is 8.52. The number of nitrogens with two attached hydrogens (primary N) is 1. The van der Waals surface area contributed by atoms with Crippen molar-refractivity contribution in [3.63, 3.8) is 0 Å². The topological polar surface area (TPSA) is 43.1 Å². The van der Waals surface area contributed by atoms with E-state index in [0.29, 0.717) is 5.75 Å². The standard InChI is InChI=1S/C9H10ClNOS/c10-8(9(11)12)6-13-7-4-2-1-3-5-7/h1-5,8H,6H2,(H2,11,12). The predicted molar refractivity (Wildman–Crippen MR) is 56.0 cm³/mol. The van der Waals surface area contributed by atoms with Gasteiger partial charge in [0, 0.05) is 10.6 Å². The lowest BCUT2D eigenvalue weighted by Crippen LogP contribution is -2.25. The highest BCUT2D eigenvalue weighted by Gasteiger charge is 2.10. The number of carbonyl (C=O) groups excluding carboxylic acids is 1. The summed E-state index contributed by atoms with van der Waals surface area (Å²) >= 11 is 7.19. The number of rotatable bonds is 4. The van der Waals surface area contributed by atoms with E-state index in [1.807, 2.05) is 30.3 Å². The highest BCUT2D eigenvalue weighted by atomic mass is 35.5. The van der Waals surface area contributed by atoms with Crippen molar-refractivity contribution in [3.05, 3.63) is 30.3 Å². The van der Waals surface area contributed by atoms with Gasteiger partial charge in [0.05, 0.1) is 0 Å². The van der Waals surface area contributed by atoms with Crippen LogP contribution in [0.15, 0.2) is 35.2 Å². The number of primary amides is 1. The third-order valence-corrected chi connectivity index (χ3v) is 3.11. The second-order valence-electron chi connectivity index (χ2n) is 2.49. The minimum atomic E-state index is -0.592. The zero-order valence-electron chi connectivity index (χ0n) is 6.94. The van der Waals surface area contributed by atoms with Crippen LogP contribution >= 0.6 is 23.4 Å². The molecule has 70 valence electrons. The SMILES string of the molecule is NC(=O)C(Cl)CSc1ccccc1. The third kappa shape index (κ3) is 3.70. The van der Waals surface area contributed by atoms with Crippen LogP contribution in [0.4, 0.5) is 0 Å². The molecule has 0 aliphatic rings. The fourth-order valence-corrected chi connectivity index (χ4v) is 1.81. The summed E-state index contributed by atoms with van der Waals surface area (Å²) in [6.45, 7) is 0. The van der Waals surface area contributed by atoms with Gasteiger partial charge in [0.25, 0.3) is 0 Å². The Morgan fingerprint density at radius 2 is 2.08 bits per heavy atom. The van der Waals surface area contributed by atoms with Gasteiger partial charge in [0.1, 0.15) is 5.38 Å². The van der Waals surface area contributed by atoms with Crippen LogP contribution in [0.1, 0.15) is 0 Å². The van der Waals surface area contributed by atoms with Gasteiger partial charge < -0.3 is 5.73 Å². The number of benzene rings is 1. The number of carbonyl (C=O) groups is 1. The molecule has 0 bridgehead atoms. The van der Waals surface area contributed by atoms with Gasteiger partial charge in [-0.15, -0.1) is 23.4 Å². The first-order chi connectivity index (χ1) is 6.20. The Bertz CT molecular complexity index is 278. The summed E-state index contributed by atoms with van der Waals surface area (Å²) in [5, 5.41) is -0.592. The Kier molecular flexibility index (Phi) is 4.12. The van der Waals surface area contributed by atoms with Crippen LogP contribution in [0.3, 0.4) is 0 Å². The molecule has 1 aromatic rings. The van der Waals surface area contributed by atoms with Crippen molar-refractivity contribution in [1.82, 2.24) is 0 Å². The molecule has 0 radical (unpaired) electrons. The molecule has 0 aliphatic heterocycles. The Morgan fingerprint density at radius 1 is 1.46 bits per heavy atom. The van der Waals surface area contributed by atoms with Crippen LogP contribution in [0.25, 0.3) is 0 Å². The van der Waals surface area contributed by atoms with Gasteiger partial charge in [0.15, 0.2) is 0 Å². The smallest absolute Gasteiger partial charge is 0.236 e. The maximum absolute atomic E-state index is 10.6. The minimum Gasteiger partial charge on any atom is -0.368 e. The summed E-state index contributed by atoms with van der Waals surface area (Å²) in [5.74, 6) is 0.0473. The van der Waals surface area contributed by atoms with Crippen LogP contribution in [-0.2, 0) is 4.79 Å². The summed E-state index contributed by atoms with van der Waals surface area (Å²) in [5.41, 5.74) is 5.02. The van der Waals surface area contributed by atoms with E-state index >= 15 is 0 Å². The van der Waals surface area contributed by atoms with E-state index in [-0.39, 0.29) is 0 Å². The number of amides is 1. The first-order valence-corrected chi connectivity index (χ1v) is 5.23. The lowest BCUT2D eigenvalue weighted by atomic mass is 10.4. The molecule has 2 N–H and O–H groups in total. The van der Waals surface area contributed by atoms with Crippen LogP contribution in [0.2, 0.25) is 0 Å². The maximum atomic E-state index is 10.6. The summed E-state index contributed by atoms with van der Waals surface area (Å²) in [4.78, 5) is 11.7. The van der Waals surface area contributed by atoms with Gasteiger partial charge >= 0.3 is 0 Å². The highest BCUT2D eigenvalue weighted by molar-refractivity contribution is 7.99. The Balaban J connectivity index is 2.39. The predicted octanol–water partition coefficient (Wildman–Crippen LogP) is 1.87. The number of hydrogen-bond donors (Lipinski definition) is 1.